The molecule has 0 amide bonds. The van der Waals surface area contributed by atoms with E-state index in [0.717, 1.165) is 5.56 Å². The number of hydrogen-bond donors (Lipinski definition) is 2. The summed E-state index contributed by atoms with van der Waals surface area (Å²) in [4.78, 5) is 26.7. The summed E-state index contributed by atoms with van der Waals surface area (Å²) in [6.07, 6.45) is 1.09. The average molecular weight is 381 g/mol. The van der Waals surface area contributed by atoms with Crippen molar-refractivity contribution in [3.63, 3.8) is 0 Å². The number of hydrogen-bond acceptors (Lipinski definition) is 6. The Bertz CT molecular complexity index is 1030. The lowest BCUT2D eigenvalue weighted by Crippen LogP contribution is -2.40. The summed E-state index contributed by atoms with van der Waals surface area (Å²) in [7, 11) is 0. The maximum atomic E-state index is 11.2. The zero-order valence-electron chi connectivity index (χ0n) is 15.0. The van der Waals surface area contributed by atoms with Crippen LogP contribution in [-0.4, -0.2) is 32.8 Å². The predicted octanol–water partition coefficient (Wildman–Crippen LogP) is 2.41. The number of non-ortho nitro benzene ring substituents is 1. The van der Waals surface area contributed by atoms with Crippen molar-refractivity contribution in [2.45, 2.75) is 25.5 Å². The van der Waals surface area contributed by atoms with Crippen LogP contribution in [0.25, 0.3) is 0 Å². The normalized spacial score (nSPS) is 15.7. The number of nitro benzene ring substituents is 1. The van der Waals surface area contributed by atoms with E-state index < -0.39 is 4.92 Å². The molecule has 0 saturated carbocycles. The SMILES string of the molecule is O=c1[nH]nc(CC[C@H]2CN(Cc3ccccc3)c3cc([N+](=O)[O-])ccc3O2)[nH]1. The van der Waals surface area contributed by atoms with Crippen molar-refractivity contribution in [1.82, 2.24) is 15.2 Å². The van der Waals surface area contributed by atoms with Gasteiger partial charge in [-0.3, -0.25) is 15.1 Å². The molecule has 0 fully saturated rings. The molecule has 9 nitrogen and oxygen atoms in total. The number of nitrogens with zero attached hydrogens (tertiary/aromatic N) is 3. The Hall–Kier alpha value is -3.62. The van der Waals surface area contributed by atoms with Gasteiger partial charge >= 0.3 is 5.69 Å². The number of aryl methyl sites for hydroxylation is 1. The first-order valence-electron chi connectivity index (χ1n) is 8.96. The molecular formula is C19H19N5O4. The highest BCUT2D eigenvalue weighted by atomic mass is 16.6. The lowest BCUT2D eigenvalue weighted by atomic mass is 10.1. The molecule has 0 spiro atoms. The Morgan fingerprint density at radius 1 is 1.25 bits per heavy atom. The Morgan fingerprint density at radius 3 is 2.79 bits per heavy atom. The molecule has 0 aliphatic carbocycles. The fourth-order valence-electron chi connectivity index (χ4n) is 3.35. The van der Waals surface area contributed by atoms with Gasteiger partial charge in [0, 0.05) is 25.1 Å². The van der Waals surface area contributed by atoms with Gasteiger partial charge in [-0.25, -0.2) is 9.89 Å². The van der Waals surface area contributed by atoms with E-state index in [4.69, 9.17) is 4.74 Å². The van der Waals surface area contributed by atoms with E-state index in [1.807, 2.05) is 30.3 Å². The Labute approximate surface area is 160 Å². The number of aromatic nitrogens is 3. The molecule has 4 rings (SSSR count). The van der Waals surface area contributed by atoms with Gasteiger partial charge in [0.1, 0.15) is 17.7 Å². The first kappa shape index (κ1) is 17.8. The van der Waals surface area contributed by atoms with Crippen molar-refractivity contribution in [2.75, 3.05) is 11.4 Å². The number of benzene rings is 2. The number of ether oxygens (including phenoxy) is 1. The highest BCUT2D eigenvalue weighted by Gasteiger charge is 2.27. The maximum Gasteiger partial charge on any atom is 0.340 e. The zero-order valence-corrected chi connectivity index (χ0v) is 15.0. The molecule has 2 aromatic carbocycles. The smallest absolute Gasteiger partial charge is 0.340 e. The van der Waals surface area contributed by atoms with Gasteiger partial charge in [0.2, 0.25) is 0 Å². The number of rotatable bonds is 6. The van der Waals surface area contributed by atoms with Crippen molar-refractivity contribution in [2.24, 2.45) is 0 Å². The molecule has 144 valence electrons. The van der Waals surface area contributed by atoms with E-state index in [9.17, 15) is 14.9 Å². The van der Waals surface area contributed by atoms with Crippen LogP contribution in [0.1, 0.15) is 17.8 Å². The van der Waals surface area contributed by atoms with Gasteiger partial charge in [-0.15, -0.1) is 0 Å². The first-order chi connectivity index (χ1) is 13.6. The van der Waals surface area contributed by atoms with Crippen LogP contribution < -0.4 is 15.3 Å². The van der Waals surface area contributed by atoms with Gasteiger partial charge < -0.3 is 9.64 Å². The van der Waals surface area contributed by atoms with Gasteiger partial charge in [-0.2, -0.15) is 5.10 Å². The third-order valence-electron chi connectivity index (χ3n) is 4.68. The van der Waals surface area contributed by atoms with Crippen LogP contribution in [0.2, 0.25) is 0 Å². The average Bonchev–Trinajstić information content (AvgIpc) is 3.12. The number of H-pyrrole nitrogens is 2. The number of nitro groups is 1. The molecule has 3 aromatic rings. The third-order valence-corrected chi connectivity index (χ3v) is 4.68. The molecule has 0 unspecified atom stereocenters. The number of anilines is 1. The summed E-state index contributed by atoms with van der Waals surface area (Å²) in [5.74, 6) is 1.20. The van der Waals surface area contributed by atoms with Crippen LogP contribution in [0.5, 0.6) is 5.75 Å². The second-order valence-corrected chi connectivity index (χ2v) is 6.68. The summed E-state index contributed by atoms with van der Waals surface area (Å²) < 4.78 is 6.07. The molecule has 1 atom stereocenters. The van der Waals surface area contributed by atoms with E-state index in [-0.39, 0.29) is 17.5 Å². The van der Waals surface area contributed by atoms with Crippen molar-refractivity contribution in [3.05, 3.63) is 80.5 Å². The molecule has 0 radical (unpaired) electrons. The minimum Gasteiger partial charge on any atom is -0.486 e. The molecule has 9 heteroatoms. The zero-order chi connectivity index (χ0) is 19.5. The molecule has 1 aliphatic heterocycles. The lowest BCUT2D eigenvalue weighted by Gasteiger charge is -2.36. The van der Waals surface area contributed by atoms with Gasteiger partial charge in [0.25, 0.3) is 5.69 Å². The topological polar surface area (TPSA) is 117 Å². The summed E-state index contributed by atoms with van der Waals surface area (Å²) in [5.41, 5.74) is 1.52. The molecule has 28 heavy (non-hydrogen) atoms. The highest BCUT2D eigenvalue weighted by Crippen LogP contribution is 2.37. The molecule has 1 aliphatic rings. The third kappa shape index (κ3) is 3.88. The Morgan fingerprint density at radius 2 is 2.07 bits per heavy atom. The van der Waals surface area contributed by atoms with E-state index in [0.29, 0.717) is 43.2 Å². The minimum atomic E-state index is -0.402. The second-order valence-electron chi connectivity index (χ2n) is 6.68. The molecule has 0 saturated heterocycles. The van der Waals surface area contributed by atoms with E-state index in [2.05, 4.69) is 20.1 Å². The molecule has 0 bridgehead atoms. The van der Waals surface area contributed by atoms with Crippen molar-refractivity contribution in [3.8, 4) is 5.75 Å². The first-order valence-corrected chi connectivity index (χ1v) is 8.96. The standard InChI is InChI=1S/C19H19N5O4/c25-19-20-18(21-22-19)9-7-15-12-23(11-13-4-2-1-3-5-13)16-10-14(24(26)27)6-8-17(16)28-15/h1-6,8,10,15H,7,9,11-12H2,(H2,20,21,22,25)/t15-/m0/s1. The van der Waals surface area contributed by atoms with Gasteiger partial charge in [-0.05, 0) is 18.1 Å². The highest BCUT2D eigenvalue weighted by molar-refractivity contribution is 5.64. The summed E-state index contributed by atoms with van der Waals surface area (Å²) in [6, 6.07) is 14.6. The van der Waals surface area contributed by atoms with E-state index >= 15 is 0 Å². The van der Waals surface area contributed by atoms with Crippen molar-refractivity contribution < 1.29 is 9.66 Å². The van der Waals surface area contributed by atoms with Crippen molar-refractivity contribution in [1.29, 1.82) is 0 Å². The maximum absolute atomic E-state index is 11.2. The predicted molar refractivity (Wildman–Crippen MR) is 103 cm³/mol. The fraction of sp³-hybridized carbons (Fsp3) is 0.263. The monoisotopic (exact) mass is 381 g/mol. The van der Waals surface area contributed by atoms with Crippen LogP contribution in [-0.2, 0) is 13.0 Å². The Kier molecular flexibility index (Phi) is 4.79. The van der Waals surface area contributed by atoms with E-state index in [1.54, 1.807) is 12.1 Å². The molecule has 2 N–H and O–H groups in total. The van der Waals surface area contributed by atoms with Crippen LogP contribution in [0, 0.1) is 10.1 Å². The lowest BCUT2D eigenvalue weighted by molar-refractivity contribution is -0.384. The summed E-state index contributed by atoms with van der Waals surface area (Å²) in [6.45, 7) is 1.20. The quantitative estimate of drug-likeness (QED) is 0.500. The van der Waals surface area contributed by atoms with E-state index in [1.165, 1.54) is 6.07 Å². The summed E-state index contributed by atoms with van der Waals surface area (Å²) >= 11 is 0. The molecule has 2 heterocycles. The number of nitrogens with one attached hydrogen (secondary N) is 2. The van der Waals surface area contributed by atoms with Crippen molar-refractivity contribution >= 4 is 11.4 Å². The number of aromatic amines is 2. The summed E-state index contributed by atoms with van der Waals surface area (Å²) in [5, 5.41) is 17.5. The van der Waals surface area contributed by atoms with Crippen LogP contribution >= 0.6 is 0 Å². The molecule has 1 aromatic heterocycles. The van der Waals surface area contributed by atoms with Crippen LogP contribution in [0.3, 0.4) is 0 Å². The second kappa shape index (κ2) is 7.55. The van der Waals surface area contributed by atoms with Gasteiger partial charge in [-0.1, -0.05) is 30.3 Å². The minimum absolute atomic E-state index is 0.0351. The van der Waals surface area contributed by atoms with Gasteiger partial charge in [0.15, 0.2) is 0 Å². The van der Waals surface area contributed by atoms with Gasteiger partial charge in [0.05, 0.1) is 17.2 Å². The largest absolute Gasteiger partial charge is 0.486 e. The van der Waals surface area contributed by atoms with Crippen LogP contribution in [0.4, 0.5) is 11.4 Å². The fourth-order valence-corrected chi connectivity index (χ4v) is 3.35. The number of fused-ring (bicyclic) bond motifs is 1. The molecular weight excluding hydrogens is 362 g/mol. The van der Waals surface area contributed by atoms with Crippen LogP contribution in [0.15, 0.2) is 53.3 Å². The Balaban J connectivity index is 1.57.